The SMILES string of the molecule is CC(C)C(=O)CC[C@]1(C)CC[C@]2(C)[C@H](CCC3[C@@H]4[C@@H]2O[C@]2(C)OC(C)[C@@H](O)[C@H](O[C@@H]3O)C42C)C1=O. The molecule has 5 fully saturated rings. The first-order valence-corrected chi connectivity index (χ1v) is 13.6. The number of carbonyl (C=O) groups excluding carboxylic acids is 2. The quantitative estimate of drug-likeness (QED) is 0.618. The summed E-state index contributed by atoms with van der Waals surface area (Å²) in [5, 5.41) is 22.2. The third kappa shape index (κ3) is 3.34. The van der Waals surface area contributed by atoms with E-state index >= 15 is 0 Å². The maximum Gasteiger partial charge on any atom is 0.174 e. The van der Waals surface area contributed by atoms with Gasteiger partial charge in [0.1, 0.15) is 17.7 Å². The Bertz CT molecular complexity index is 904. The number of hydrogen-bond donors (Lipinski definition) is 2. The van der Waals surface area contributed by atoms with E-state index in [0.717, 1.165) is 12.8 Å². The molecule has 7 heteroatoms. The molecule has 2 N–H and O–H groups in total. The summed E-state index contributed by atoms with van der Waals surface area (Å²) in [6, 6.07) is 0. The van der Waals surface area contributed by atoms with Crippen LogP contribution in [-0.2, 0) is 23.8 Å². The van der Waals surface area contributed by atoms with Crippen LogP contribution in [0.1, 0.15) is 87.0 Å². The molecule has 0 aromatic carbocycles. The molecular formula is C28H44O7. The lowest BCUT2D eigenvalue weighted by atomic mass is 9.52. The van der Waals surface area contributed by atoms with Crippen LogP contribution < -0.4 is 0 Å². The van der Waals surface area contributed by atoms with Gasteiger partial charge in [0.25, 0.3) is 0 Å². The number of Topliss-reactive ketones (excluding diaryl/α,β-unsaturated/α-hetero) is 2. The van der Waals surface area contributed by atoms with Gasteiger partial charge < -0.3 is 24.4 Å². The lowest BCUT2D eigenvalue weighted by molar-refractivity contribution is -0.383. The minimum Gasteiger partial charge on any atom is -0.388 e. The standard InChI is InChI=1S/C28H44O7/c1-14(2)18(29)10-11-25(4)12-13-26(5)17(21(25)31)9-8-16-19-22(26)35-28(7)27(19,6)23(33-24(16)32)20(30)15(3)34-28/h14-17,19-20,22-24,30,32H,8-13H2,1-7H3/t15?,16?,17-,19-,20-,22+,23+,24+,25-,26-,27?,28+/m1/s1. The van der Waals surface area contributed by atoms with Gasteiger partial charge in [0.05, 0.1) is 23.7 Å². The van der Waals surface area contributed by atoms with Gasteiger partial charge in [0.2, 0.25) is 0 Å². The van der Waals surface area contributed by atoms with E-state index in [4.69, 9.17) is 14.2 Å². The Morgan fingerprint density at radius 1 is 1.06 bits per heavy atom. The number of fused-ring (bicyclic) bond motifs is 2. The minimum atomic E-state index is -1.01. The summed E-state index contributed by atoms with van der Waals surface area (Å²) in [6.45, 7) is 13.9. The third-order valence-electron chi connectivity index (χ3n) is 11.2. The number of ether oxygens (including phenoxy) is 3. The summed E-state index contributed by atoms with van der Waals surface area (Å²) in [5.74, 6) is -1.08. The second-order valence-electron chi connectivity index (χ2n) is 13.4. The highest BCUT2D eigenvalue weighted by molar-refractivity contribution is 5.89. The molecular weight excluding hydrogens is 448 g/mol. The van der Waals surface area contributed by atoms with Crippen molar-refractivity contribution in [2.75, 3.05) is 0 Å². The second-order valence-corrected chi connectivity index (χ2v) is 13.4. The highest BCUT2D eigenvalue weighted by atomic mass is 16.7. The predicted octanol–water partition coefficient (Wildman–Crippen LogP) is 3.63. The van der Waals surface area contributed by atoms with Crippen molar-refractivity contribution < 1.29 is 34.0 Å². The average Bonchev–Trinajstić information content (AvgIpc) is 2.94. The van der Waals surface area contributed by atoms with Gasteiger partial charge in [-0.3, -0.25) is 9.59 Å². The first-order valence-electron chi connectivity index (χ1n) is 13.6. The molecule has 3 heterocycles. The molecule has 0 aromatic heterocycles. The maximum absolute atomic E-state index is 14.1. The summed E-state index contributed by atoms with van der Waals surface area (Å²) in [6.07, 6.45) is 0.600. The molecule has 3 aliphatic heterocycles. The van der Waals surface area contributed by atoms with Gasteiger partial charge >= 0.3 is 0 Å². The first-order chi connectivity index (χ1) is 16.2. The lowest BCUT2D eigenvalue weighted by Crippen LogP contribution is -2.70. The van der Waals surface area contributed by atoms with Crippen molar-refractivity contribution in [3.63, 3.8) is 0 Å². The normalized spacial score (nSPS) is 55.3. The lowest BCUT2D eigenvalue weighted by Gasteiger charge is -2.58. The predicted molar refractivity (Wildman–Crippen MR) is 128 cm³/mol. The maximum atomic E-state index is 14.1. The molecule has 2 aliphatic carbocycles. The molecule has 0 amide bonds. The molecule has 198 valence electrons. The van der Waals surface area contributed by atoms with E-state index < -0.39 is 46.6 Å². The Kier molecular flexibility index (Phi) is 5.94. The molecule has 7 nitrogen and oxygen atoms in total. The van der Waals surface area contributed by atoms with Crippen molar-refractivity contribution in [3.8, 4) is 0 Å². The largest absolute Gasteiger partial charge is 0.388 e. The Hall–Kier alpha value is -0.860. The van der Waals surface area contributed by atoms with Gasteiger partial charge in [-0.25, -0.2) is 0 Å². The van der Waals surface area contributed by atoms with Crippen molar-refractivity contribution in [1.29, 1.82) is 0 Å². The van der Waals surface area contributed by atoms with Gasteiger partial charge in [0.15, 0.2) is 12.1 Å². The summed E-state index contributed by atoms with van der Waals surface area (Å²) < 4.78 is 19.4. The van der Waals surface area contributed by atoms with E-state index in [0.29, 0.717) is 25.7 Å². The number of carbonyl (C=O) groups is 2. The van der Waals surface area contributed by atoms with Crippen molar-refractivity contribution in [2.24, 2.45) is 39.9 Å². The Labute approximate surface area is 209 Å². The van der Waals surface area contributed by atoms with Gasteiger partial charge in [-0.2, -0.15) is 0 Å². The van der Waals surface area contributed by atoms with Crippen LogP contribution in [0, 0.1) is 39.9 Å². The van der Waals surface area contributed by atoms with Gasteiger partial charge in [-0.05, 0) is 46.0 Å². The molecule has 0 aromatic rings. The fraction of sp³-hybridized carbons (Fsp3) is 0.929. The van der Waals surface area contributed by atoms with Gasteiger partial charge in [0, 0.05) is 40.9 Å². The van der Waals surface area contributed by atoms with Gasteiger partial charge in [-0.1, -0.05) is 34.6 Å². The van der Waals surface area contributed by atoms with Crippen LogP contribution >= 0.6 is 0 Å². The van der Waals surface area contributed by atoms with E-state index in [1.807, 2.05) is 34.6 Å². The Morgan fingerprint density at radius 2 is 1.74 bits per heavy atom. The number of hydrogen-bond acceptors (Lipinski definition) is 7. The molecule has 5 rings (SSSR count). The van der Waals surface area contributed by atoms with Crippen LogP contribution in [0.3, 0.4) is 0 Å². The monoisotopic (exact) mass is 492 g/mol. The molecule has 3 saturated heterocycles. The highest BCUT2D eigenvalue weighted by Gasteiger charge is 2.77. The molecule has 0 spiro atoms. The molecule has 0 radical (unpaired) electrons. The van der Waals surface area contributed by atoms with E-state index in [-0.39, 0.29) is 41.3 Å². The Morgan fingerprint density at radius 3 is 2.40 bits per heavy atom. The smallest absolute Gasteiger partial charge is 0.174 e. The molecule has 5 aliphatic rings. The Balaban J connectivity index is 1.52. The topological polar surface area (TPSA) is 102 Å². The van der Waals surface area contributed by atoms with Gasteiger partial charge in [-0.15, -0.1) is 0 Å². The fourth-order valence-corrected chi connectivity index (χ4v) is 8.53. The molecule has 2 saturated carbocycles. The average molecular weight is 493 g/mol. The zero-order valence-electron chi connectivity index (χ0n) is 22.4. The zero-order chi connectivity index (χ0) is 25.7. The highest BCUT2D eigenvalue weighted by Crippen LogP contribution is 2.70. The number of ketones is 2. The van der Waals surface area contributed by atoms with Crippen LogP contribution in [0.15, 0.2) is 0 Å². The number of rotatable bonds is 4. The molecule has 0 bridgehead atoms. The van der Waals surface area contributed by atoms with E-state index in [1.165, 1.54) is 0 Å². The van der Waals surface area contributed by atoms with Crippen LogP contribution in [-0.4, -0.2) is 58.3 Å². The van der Waals surface area contributed by atoms with Crippen molar-refractivity contribution in [2.45, 2.75) is 123 Å². The number of aliphatic hydroxyl groups excluding tert-OH is 2. The van der Waals surface area contributed by atoms with Crippen LogP contribution in [0.4, 0.5) is 0 Å². The van der Waals surface area contributed by atoms with E-state index in [2.05, 4.69) is 13.8 Å². The van der Waals surface area contributed by atoms with Crippen molar-refractivity contribution >= 4 is 11.6 Å². The van der Waals surface area contributed by atoms with Crippen LogP contribution in [0.5, 0.6) is 0 Å². The zero-order valence-corrected chi connectivity index (χ0v) is 22.4. The first kappa shape index (κ1) is 25.8. The molecule has 12 atom stereocenters. The van der Waals surface area contributed by atoms with E-state index in [9.17, 15) is 19.8 Å². The second kappa shape index (κ2) is 8.07. The third-order valence-corrected chi connectivity index (χ3v) is 11.2. The van der Waals surface area contributed by atoms with Crippen molar-refractivity contribution in [1.82, 2.24) is 0 Å². The summed E-state index contributed by atoms with van der Waals surface area (Å²) in [4.78, 5) is 26.5. The fourth-order valence-electron chi connectivity index (χ4n) is 8.53. The summed E-state index contributed by atoms with van der Waals surface area (Å²) >= 11 is 0. The molecule has 3 unspecified atom stereocenters. The van der Waals surface area contributed by atoms with Crippen LogP contribution in [0.25, 0.3) is 0 Å². The molecule has 35 heavy (non-hydrogen) atoms. The van der Waals surface area contributed by atoms with Crippen LogP contribution in [0.2, 0.25) is 0 Å². The summed E-state index contributed by atoms with van der Waals surface area (Å²) in [5.41, 5.74) is -1.60. The van der Waals surface area contributed by atoms with E-state index in [1.54, 1.807) is 0 Å². The minimum absolute atomic E-state index is 0.0209. The number of aliphatic hydroxyl groups is 2. The summed E-state index contributed by atoms with van der Waals surface area (Å²) in [7, 11) is 0. The van der Waals surface area contributed by atoms with Crippen molar-refractivity contribution in [3.05, 3.63) is 0 Å².